The monoisotopic (exact) mass is 508 g/mol. The number of carbonyl (C=O) groups is 2. The standard InChI is InChI=1S/C22H25IN2O4/c1-4-14(23)13-25-12-11-16-15-7-5-6-8-18(15)24-20(16)19(25)10-9-17(21(26)28-2)22(27)29-3/h4-9,19,24H,10-13H2,1-3H3/b14-4-. The summed E-state index contributed by atoms with van der Waals surface area (Å²) in [5.74, 6) is -1.36. The number of hydrogen-bond donors (Lipinski definition) is 1. The van der Waals surface area contributed by atoms with E-state index in [1.807, 2.05) is 19.1 Å². The Morgan fingerprint density at radius 2 is 1.93 bits per heavy atom. The first-order valence-corrected chi connectivity index (χ1v) is 10.6. The van der Waals surface area contributed by atoms with Crippen LogP contribution in [0.15, 0.2) is 45.6 Å². The summed E-state index contributed by atoms with van der Waals surface area (Å²) in [4.78, 5) is 30.1. The summed E-state index contributed by atoms with van der Waals surface area (Å²) < 4.78 is 10.8. The van der Waals surface area contributed by atoms with Gasteiger partial charge in [-0.15, -0.1) is 0 Å². The molecule has 2 heterocycles. The molecule has 0 spiro atoms. The van der Waals surface area contributed by atoms with Crippen molar-refractivity contribution in [1.82, 2.24) is 9.88 Å². The van der Waals surface area contributed by atoms with Gasteiger partial charge in [-0.2, -0.15) is 0 Å². The van der Waals surface area contributed by atoms with E-state index in [0.29, 0.717) is 6.42 Å². The minimum atomic E-state index is -0.681. The molecule has 2 aromatic rings. The SMILES string of the molecule is C/C=C(\I)CN1CCc2c([nH]c3ccccc23)C1CC=C(C(=O)OC)C(=O)OC. The zero-order valence-electron chi connectivity index (χ0n) is 16.8. The number of allylic oxidation sites excluding steroid dienone is 1. The van der Waals surface area contributed by atoms with Crippen molar-refractivity contribution in [1.29, 1.82) is 0 Å². The predicted molar refractivity (Wildman–Crippen MR) is 121 cm³/mol. The average Bonchev–Trinajstić information content (AvgIpc) is 3.12. The molecule has 1 aromatic carbocycles. The Hall–Kier alpha value is -2.13. The number of H-pyrrole nitrogens is 1. The Balaban J connectivity index is 2.02. The van der Waals surface area contributed by atoms with Crippen LogP contribution in [0.1, 0.15) is 30.6 Å². The van der Waals surface area contributed by atoms with Crippen molar-refractivity contribution >= 4 is 45.4 Å². The Bertz CT molecular complexity index is 958. The molecule has 0 bridgehead atoms. The second kappa shape index (κ2) is 9.58. The molecule has 6 nitrogen and oxygen atoms in total. The van der Waals surface area contributed by atoms with Crippen molar-refractivity contribution in [2.75, 3.05) is 27.3 Å². The molecular weight excluding hydrogens is 483 g/mol. The number of carbonyl (C=O) groups excluding carboxylic acids is 2. The third kappa shape index (κ3) is 4.56. The van der Waals surface area contributed by atoms with E-state index in [1.54, 1.807) is 6.08 Å². The lowest BCUT2D eigenvalue weighted by atomic mass is 9.94. The Morgan fingerprint density at radius 3 is 2.59 bits per heavy atom. The summed E-state index contributed by atoms with van der Waals surface area (Å²) in [6.07, 6.45) is 5.18. The number of methoxy groups -OCH3 is 2. The fraction of sp³-hybridized carbons (Fsp3) is 0.364. The molecule has 0 radical (unpaired) electrons. The third-order valence-electron chi connectivity index (χ3n) is 5.29. The highest BCUT2D eigenvalue weighted by molar-refractivity contribution is 14.1. The number of benzene rings is 1. The van der Waals surface area contributed by atoms with Gasteiger partial charge >= 0.3 is 11.9 Å². The summed E-state index contributed by atoms with van der Waals surface area (Å²) in [5.41, 5.74) is 3.49. The highest BCUT2D eigenvalue weighted by Gasteiger charge is 2.31. The average molecular weight is 508 g/mol. The van der Waals surface area contributed by atoms with Crippen molar-refractivity contribution < 1.29 is 19.1 Å². The van der Waals surface area contributed by atoms with E-state index >= 15 is 0 Å². The Morgan fingerprint density at radius 1 is 1.24 bits per heavy atom. The van der Waals surface area contributed by atoms with Crippen LogP contribution in [-0.2, 0) is 25.5 Å². The summed E-state index contributed by atoms with van der Waals surface area (Å²) >= 11 is 2.35. The van der Waals surface area contributed by atoms with Crippen LogP contribution in [0.25, 0.3) is 10.9 Å². The van der Waals surface area contributed by atoms with Crippen molar-refractivity contribution in [3.8, 4) is 0 Å². The van der Waals surface area contributed by atoms with Crippen LogP contribution in [-0.4, -0.2) is 49.1 Å². The number of esters is 2. The maximum absolute atomic E-state index is 12.1. The molecule has 0 aliphatic carbocycles. The molecule has 0 amide bonds. The molecule has 1 aliphatic rings. The summed E-state index contributed by atoms with van der Waals surface area (Å²) in [6, 6.07) is 8.30. The second-order valence-electron chi connectivity index (χ2n) is 6.87. The molecule has 0 saturated carbocycles. The quantitative estimate of drug-likeness (QED) is 0.210. The van der Waals surface area contributed by atoms with E-state index in [2.05, 4.69) is 50.7 Å². The summed E-state index contributed by atoms with van der Waals surface area (Å²) in [5, 5.41) is 1.23. The molecular formula is C22H25IN2O4. The number of aromatic amines is 1. The molecule has 1 aromatic heterocycles. The highest BCUT2D eigenvalue weighted by Crippen LogP contribution is 2.37. The smallest absolute Gasteiger partial charge is 0.344 e. The van der Waals surface area contributed by atoms with E-state index in [9.17, 15) is 9.59 Å². The minimum absolute atomic E-state index is 0.0141. The number of rotatable bonds is 6. The topological polar surface area (TPSA) is 71.6 Å². The van der Waals surface area contributed by atoms with Crippen LogP contribution in [0, 0.1) is 0 Å². The predicted octanol–water partition coefficient (Wildman–Crippen LogP) is 4.07. The van der Waals surface area contributed by atoms with Gasteiger partial charge in [0.2, 0.25) is 0 Å². The van der Waals surface area contributed by atoms with Crippen LogP contribution in [0.5, 0.6) is 0 Å². The lowest BCUT2D eigenvalue weighted by molar-refractivity contribution is -0.144. The van der Waals surface area contributed by atoms with Gasteiger partial charge in [-0.3, -0.25) is 4.90 Å². The van der Waals surface area contributed by atoms with Gasteiger partial charge in [0.25, 0.3) is 0 Å². The lowest BCUT2D eigenvalue weighted by Gasteiger charge is -2.35. The third-order valence-corrected chi connectivity index (χ3v) is 6.26. The van der Waals surface area contributed by atoms with Crippen molar-refractivity contribution in [2.24, 2.45) is 0 Å². The van der Waals surface area contributed by atoms with Crippen LogP contribution in [0.4, 0.5) is 0 Å². The van der Waals surface area contributed by atoms with Crippen molar-refractivity contribution in [3.63, 3.8) is 0 Å². The van der Waals surface area contributed by atoms with Gasteiger partial charge in [-0.1, -0.05) is 30.4 Å². The first kappa shape index (κ1) is 21.6. The molecule has 1 atom stereocenters. The van der Waals surface area contributed by atoms with Gasteiger partial charge < -0.3 is 14.5 Å². The normalized spacial score (nSPS) is 17.0. The molecule has 1 unspecified atom stereocenters. The number of halogens is 1. The van der Waals surface area contributed by atoms with Crippen molar-refractivity contribution in [3.05, 3.63) is 56.8 Å². The van der Waals surface area contributed by atoms with Gasteiger partial charge in [0.15, 0.2) is 0 Å². The first-order chi connectivity index (χ1) is 14.0. The minimum Gasteiger partial charge on any atom is -0.465 e. The number of para-hydroxylation sites is 1. The lowest BCUT2D eigenvalue weighted by Crippen LogP contribution is -2.36. The number of ether oxygens (including phenoxy) is 2. The van der Waals surface area contributed by atoms with E-state index < -0.39 is 11.9 Å². The molecule has 1 aliphatic heterocycles. The first-order valence-electron chi connectivity index (χ1n) is 9.51. The van der Waals surface area contributed by atoms with Crippen LogP contribution < -0.4 is 0 Å². The molecule has 3 rings (SSSR count). The van der Waals surface area contributed by atoms with E-state index in [-0.39, 0.29) is 11.6 Å². The fourth-order valence-corrected chi connectivity index (χ4v) is 4.25. The van der Waals surface area contributed by atoms with Crippen LogP contribution in [0.3, 0.4) is 0 Å². The number of hydrogen-bond acceptors (Lipinski definition) is 5. The summed E-state index contributed by atoms with van der Waals surface area (Å²) in [6.45, 7) is 3.75. The largest absolute Gasteiger partial charge is 0.465 e. The number of nitrogens with zero attached hydrogens (tertiary/aromatic N) is 1. The van der Waals surface area contributed by atoms with Crippen LogP contribution in [0.2, 0.25) is 0 Å². The van der Waals surface area contributed by atoms with E-state index in [4.69, 9.17) is 9.47 Å². The van der Waals surface area contributed by atoms with Gasteiger partial charge in [0, 0.05) is 33.3 Å². The number of aromatic nitrogens is 1. The number of fused-ring (bicyclic) bond motifs is 3. The zero-order chi connectivity index (χ0) is 21.0. The van der Waals surface area contributed by atoms with Gasteiger partial charge in [-0.05, 0) is 54.0 Å². The van der Waals surface area contributed by atoms with Crippen molar-refractivity contribution in [2.45, 2.75) is 25.8 Å². The molecule has 0 fully saturated rings. The zero-order valence-corrected chi connectivity index (χ0v) is 19.0. The molecule has 7 heteroatoms. The number of nitrogens with one attached hydrogen (secondary N) is 1. The van der Waals surface area contributed by atoms with Crippen LogP contribution >= 0.6 is 22.6 Å². The highest BCUT2D eigenvalue weighted by atomic mass is 127. The molecule has 29 heavy (non-hydrogen) atoms. The fourth-order valence-electron chi connectivity index (χ4n) is 3.81. The maximum Gasteiger partial charge on any atom is 0.344 e. The molecule has 154 valence electrons. The van der Waals surface area contributed by atoms with Gasteiger partial charge in [0.05, 0.1) is 20.3 Å². The Labute approximate surface area is 184 Å². The molecule has 1 N–H and O–H groups in total. The maximum atomic E-state index is 12.1. The van der Waals surface area contributed by atoms with E-state index in [1.165, 1.54) is 28.7 Å². The van der Waals surface area contributed by atoms with Gasteiger partial charge in [-0.25, -0.2) is 9.59 Å². The summed E-state index contributed by atoms with van der Waals surface area (Å²) in [7, 11) is 2.52. The van der Waals surface area contributed by atoms with Gasteiger partial charge in [0.1, 0.15) is 5.57 Å². The van der Waals surface area contributed by atoms with E-state index in [0.717, 1.165) is 30.7 Å². The Kier molecular flexibility index (Phi) is 7.13. The molecule has 0 saturated heterocycles. The second-order valence-corrected chi connectivity index (χ2v) is 8.26.